The predicted molar refractivity (Wildman–Crippen MR) is 76.3 cm³/mol. The molecule has 1 aromatic heterocycles. The van der Waals surface area contributed by atoms with Gasteiger partial charge < -0.3 is 10.0 Å². The lowest BCUT2D eigenvalue weighted by Gasteiger charge is -2.08. The van der Waals surface area contributed by atoms with E-state index in [-0.39, 0.29) is 5.46 Å². The Kier molecular flexibility index (Phi) is 4.57. The number of aromatic nitrogens is 2. The van der Waals surface area contributed by atoms with Gasteiger partial charge in [0.25, 0.3) is 0 Å². The Morgan fingerprint density at radius 3 is 2.55 bits per heavy atom. The van der Waals surface area contributed by atoms with Crippen LogP contribution in [0.1, 0.15) is 30.8 Å². The Hall–Kier alpha value is -1.66. The van der Waals surface area contributed by atoms with Gasteiger partial charge in [-0.1, -0.05) is 26.0 Å². The first kappa shape index (κ1) is 14.7. The molecule has 106 valence electrons. The average Bonchev–Trinajstić information content (AvgIpc) is 2.83. The van der Waals surface area contributed by atoms with Crippen molar-refractivity contribution >= 4 is 12.6 Å². The summed E-state index contributed by atoms with van der Waals surface area (Å²) in [5.41, 5.74) is 2.81. The van der Waals surface area contributed by atoms with E-state index in [1.807, 2.05) is 11.6 Å². The second-order valence-electron chi connectivity index (χ2n) is 4.72. The second kappa shape index (κ2) is 6.20. The largest absolute Gasteiger partial charge is 0.491 e. The van der Waals surface area contributed by atoms with Gasteiger partial charge in [-0.3, -0.25) is 4.68 Å². The molecule has 20 heavy (non-hydrogen) atoms. The smallest absolute Gasteiger partial charge is 0.423 e. The summed E-state index contributed by atoms with van der Waals surface area (Å²) in [6.45, 7) is 4.59. The van der Waals surface area contributed by atoms with Gasteiger partial charge in [0.2, 0.25) is 0 Å². The van der Waals surface area contributed by atoms with Crippen LogP contribution >= 0.6 is 0 Å². The fourth-order valence-corrected chi connectivity index (χ4v) is 2.17. The Morgan fingerprint density at radius 1 is 1.20 bits per heavy atom. The molecule has 1 aromatic carbocycles. The van der Waals surface area contributed by atoms with Crippen LogP contribution in [0.4, 0.5) is 4.39 Å². The van der Waals surface area contributed by atoms with Crippen molar-refractivity contribution in [1.82, 2.24) is 9.78 Å². The highest BCUT2D eigenvalue weighted by Crippen LogP contribution is 2.10. The van der Waals surface area contributed by atoms with Crippen molar-refractivity contribution < 1.29 is 14.4 Å². The minimum Gasteiger partial charge on any atom is -0.423 e. The van der Waals surface area contributed by atoms with Crippen molar-refractivity contribution in [2.45, 2.75) is 33.2 Å². The molecule has 0 saturated heterocycles. The zero-order valence-corrected chi connectivity index (χ0v) is 11.7. The maximum Gasteiger partial charge on any atom is 0.491 e. The van der Waals surface area contributed by atoms with Gasteiger partial charge in [0.05, 0.1) is 12.2 Å². The fourth-order valence-electron chi connectivity index (χ4n) is 2.17. The molecule has 2 rings (SSSR count). The highest BCUT2D eigenvalue weighted by molar-refractivity contribution is 6.58. The van der Waals surface area contributed by atoms with Gasteiger partial charge in [-0.15, -0.1) is 0 Å². The van der Waals surface area contributed by atoms with Crippen LogP contribution < -0.4 is 5.46 Å². The van der Waals surface area contributed by atoms with Crippen molar-refractivity contribution in [2.75, 3.05) is 0 Å². The van der Waals surface area contributed by atoms with E-state index in [0.717, 1.165) is 29.8 Å². The monoisotopic (exact) mass is 276 g/mol. The summed E-state index contributed by atoms with van der Waals surface area (Å²) in [6.07, 6.45) is 1.73. The Morgan fingerprint density at radius 2 is 1.95 bits per heavy atom. The molecule has 4 nitrogen and oxygen atoms in total. The lowest BCUT2D eigenvalue weighted by atomic mass is 9.79. The zero-order valence-electron chi connectivity index (χ0n) is 11.7. The number of nitrogens with zero attached hydrogens (tertiary/aromatic N) is 2. The van der Waals surface area contributed by atoms with Gasteiger partial charge in [-0.05, 0) is 30.5 Å². The van der Waals surface area contributed by atoms with E-state index in [0.29, 0.717) is 6.54 Å². The molecule has 0 radical (unpaired) electrons. The van der Waals surface area contributed by atoms with Crippen LogP contribution in [0.2, 0.25) is 0 Å². The molecule has 1 heterocycles. The van der Waals surface area contributed by atoms with Crippen molar-refractivity contribution in [1.29, 1.82) is 0 Å². The predicted octanol–water partition coefficient (Wildman–Crippen LogP) is 0.875. The van der Waals surface area contributed by atoms with Crippen LogP contribution in [-0.4, -0.2) is 26.9 Å². The van der Waals surface area contributed by atoms with E-state index in [4.69, 9.17) is 10.0 Å². The molecule has 0 spiro atoms. The van der Waals surface area contributed by atoms with E-state index < -0.39 is 12.9 Å². The van der Waals surface area contributed by atoms with Gasteiger partial charge in [-0.25, -0.2) is 4.39 Å². The van der Waals surface area contributed by atoms with Crippen LogP contribution in [0.5, 0.6) is 0 Å². The van der Waals surface area contributed by atoms with Crippen LogP contribution in [0.15, 0.2) is 24.3 Å². The van der Waals surface area contributed by atoms with Crippen molar-refractivity contribution in [3.05, 3.63) is 47.0 Å². The summed E-state index contributed by atoms with van der Waals surface area (Å²) in [6, 6.07) is 6.41. The molecule has 0 bridgehead atoms. The molecule has 2 N–H and O–H groups in total. The Bertz CT molecular complexity index is 599. The number of hydrogen-bond donors (Lipinski definition) is 2. The molecule has 0 aliphatic carbocycles. The number of aryl methyl sites for hydroxylation is 2. The first-order valence-corrected chi connectivity index (χ1v) is 6.75. The van der Waals surface area contributed by atoms with Crippen LogP contribution in [0.3, 0.4) is 0 Å². The molecule has 2 aromatic rings. The number of halogens is 1. The standard InChI is InChI=1S/C14H18BFN2O2/c1-3-11-8-12(4-2)18(17-11)9-10-5-6-14(16)13(7-10)15(19)20/h5-8,19-20H,3-4,9H2,1-2H3. The van der Waals surface area contributed by atoms with Crippen LogP contribution in [0, 0.1) is 5.82 Å². The quantitative estimate of drug-likeness (QED) is 0.797. The molecular weight excluding hydrogens is 258 g/mol. The highest BCUT2D eigenvalue weighted by atomic mass is 19.1. The molecule has 0 fully saturated rings. The molecule has 0 aliphatic rings. The van der Waals surface area contributed by atoms with Gasteiger partial charge >= 0.3 is 7.12 Å². The van der Waals surface area contributed by atoms with Gasteiger partial charge in [0.1, 0.15) is 5.82 Å². The van der Waals surface area contributed by atoms with E-state index in [1.165, 1.54) is 12.1 Å². The van der Waals surface area contributed by atoms with Gasteiger partial charge in [0.15, 0.2) is 0 Å². The molecule has 0 amide bonds. The topological polar surface area (TPSA) is 58.3 Å². The van der Waals surface area contributed by atoms with E-state index in [9.17, 15) is 4.39 Å². The van der Waals surface area contributed by atoms with Crippen LogP contribution in [0.25, 0.3) is 0 Å². The lowest BCUT2D eigenvalue weighted by molar-refractivity contribution is 0.423. The normalized spacial score (nSPS) is 10.8. The SMILES string of the molecule is CCc1cc(CC)n(Cc2ccc(F)c(B(O)O)c2)n1. The second-order valence-corrected chi connectivity index (χ2v) is 4.72. The number of rotatable bonds is 5. The van der Waals surface area contributed by atoms with Crippen molar-refractivity contribution in [3.8, 4) is 0 Å². The average molecular weight is 276 g/mol. The van der Waals surface area contributed by atoms with Gasteiger partial charge in [0, 0.05) is 11.2 Å². The van der Waals surface area contributed by atoms with E-state index in [1.54, 1.807) is 6.07 Å². The third-order valence-corrected chi connectivity index (χ3v) is 3.31. The van der Waals surface area contributed by atoms with E-state index in [2.05, 4.69) is 18.1 Å². The molecular formula is C14H18BFN2O2. The van der Waals surface area contributed by atoms with Gasteiger partial charge in [-0.2, -0.15) is 5.10 Å². The minimum absolute atomic E-state index is 0.108. The minimum atomic E-state index is -1.80. The maximum atomic E-state index is 13.4. The fraction of sp³-hybridized carbons (Fsp3) is 0.357. The summed E-state index contributed by atoms with van der Waals surface area (Å²) < 4.78 is 15.3. The zero-order chi connectivity index (χ0) is 14.7. The molecule has 0 saturated carbocycles. The lowest BCUT2D eigenvalue weighted by Crippen LogP contribution is -2.33. The molecule has 0 aliphatic heterocycles. The molecule has 0 unspecified atom stereocenters. The molecule has 0 atom stereocenters. The summed E-state index contributed by atoms with van der Waals surface area (Å²) in [4.78, 5) is 0. The van der Waals surface area contributed by atoms with Crippen LogP contribution in [-0.2, 0) is 19.4 Å². The highest BCUT2D eigenvalue weighted by Gasteiger charge is 2.17. The summed E-state index contributed by atoms with van der Waals surface area (Å²) in [7, 11) is -1.80. The summed E-state index contributed by atoms with van der Waals surface area (Å²) >= 11 is 0. The third-order valence-electron chi connectivity index (χ3n) is 3.31. The third kappa shape index (κ3) is 3.08. The Balaban J connectivity index is 2.30. The van der Waals surface area contributed by atoms with Crippen molar-refractivity contribution in [3.63, 3.8) is 0 Å². The Labute approximate surface area is 118 Å². The summed E-state index contributed by atoms with van der Waals surface area (Å²) in [5, 5.41) is 22.8. The number of hydrogen-bond acceptors (Lipinski definition) is 3. The maximum absolute atomic E-state index is 13.4. The van der Waals surface area contributed by atoms with Crippen molar-refractivity contribution in [2.24, 2.45) is 0 Å². The first-order chi connectivity index (χ1) is 9.55. The molecule has 6 heteroatoms. The first-order valence-electron chi connectivity index (χ1n) is 6.75. The summed E-state index contributed by atoms with van der Waals surface area (Å²) in [5.74, 6) is -0.617. The van der Waals surface area contributed by atoms with E-state index >= 15 is 0 Å². The number of benzene rings is 1.